The van der Waals surface area contributed by atoms with Crippen LogP contribution in [0.2, 0.25) is 0 Å². The van der Waals surface area contributed by atoms with E-state index in [-0.39, 0.29) is 4.90 Å². The fourth-order valence-electron chi connectivity index (χ4n) is 2.32. The normalized spacial score (nSPS) is 11.8. The lowest BCUT2D eigenvalue weighted by Crippen LogP contribution is -2.15. The van der Waals surface area contributed by atoms with Crippen molar-refractivity contribution in [2.75, 3.05) is 4.72 Å². The van der Waals surface area contributed by atoms with Gasteiger partial charge in [-0.25, -0.2) is 13.4 Å². The summed E-state index contributed by atoms with van der Waals surface area (Å²) in [5.41, 5.74) is 4.14. The highest BCUT2D eigenvalue weighted by Crippen LogP contribution is 2.22. The van der Waals surface area contributed by atoms with Crippen LogP contribution in [0.4, 0.5) is 5.69 Å². The molecule has 0 saturated carbocycles. The molecule has 1 aromatic carbocycles. The van der Waals surface area contributed by atoms with Gasteiger partial charge < -0.3 is 4.40 Å². The molecule has 5 nitrogen and oxygen atoms in total. The molecule has 0 amide bonds. The number of anilines is 1. The number of hydrogen-bond acceptors (Lipinski definition) is 3. The Bertz CT molecular complexity index is 959. The van der Waals surface area contributed by atoms with Crippen molar-refractivity contribution in [2.24, 2.45) is 0 Å². The van der Waals surface area contributed by atoms with Crippen LogP contribution in [0, 0.1) is 20.8 Å². The second-order valence-electron chi connectivity index (χ2n) is 5.34. The third-order valence-electron chi connectivity index (χ3n) is 3.85. The number of aryl methyl sites for hydroxylation is 3. The lowest BCUT2D eigenvalue weighted by Gasteiger charge is -2.12. The van der Waals surface area contributed by atoms with E-state index in [9.17, 15) is 8.42 Å². The van der Waals surface area contributed by atoms with E-state index >= 15 is 0 Å². The minimum atomic E-state index is -3.61. The zero-order chi connectivity index (χ0) is 15.9. The van der Waals surface area contributed by atoms with Crippen LogP contribution in [-0.4, -0.2) is 17.8 Å². The van der Waals surface area contributed by atoms with Gasteiger partial charge in [0.2, 0.25) is 0 Å². The molecule has 0 radical (unpaired) electrons. The van der Waals surface area contributed by atoms with Gasteiger partial charge in [0.25, 0.3) is 10.0 Å². The highest BCUT2D eigenvalue weighted by Gasteiger charge is 2.16. The lowest BCUT2D eigenvalue weighted by molar-refractivity contribution is 0.601. The molecule has 2 aromatic heterocycles. The summed E-state index contributed by atoms with van der Waals surface area (Å²) in [6.07, 6.45) is 3.49. The van der Waals surface area contributed by atoms with Crippen molar-refractivity contribution in [3.63, 3.8) is 0 Å². The molecular weight excluding hydrogens is 298 g/mol. The maximum atomic E-state index is 12.6. The Morgan fingerprint density at radius 2 is 1.82 bits per heavy atom. The van der Waals surface area contributed by atoms with E-state index in [1.165, 1.54) is 0 Å². The largest absolute Gasteiger partial charge is 0.302 e. The van der Waals surface area contributed by atoms with Gasteiger partial charge in [0.1, 0.15) is 5.65 Å². The smallest absolute Gasteiger partial charge is 0.261 e. The van der Waals surface area contributed by atoms with Crippen molar-refractivity contribution in [2.45, 2.75) is 25.7 Å². The summed E-state index contributed by atoms with van der Waals surface area (Å²) in [6.45, 7) is 5.71. The number of rotatable bonds is 3. The summed E-state index contributed by atoms with van der Waals surface area (Å²) in [6, 6.07) is 8.63. The number of nitrogens with zero attached hydrogens (tertiary/aromatic N) is 2. The van der Waals surface area contributed by atoms with Gasteiger partial charge in [-0.3, -0.25) is 4.72 Å². The summed E-state index contributed by atoms with van der Waals surface area (Å²) in [5, 5.41) is 0. The van der Waals surface area contributed by atoms with Gasteiger partial charge in [0.05, 0.1) is 10.6 Å². The molecule has 0 aliphatic carbocycles. The Morgan fingerprint density at radius 1 is 1.05 bits per heavy atom. The van der Waals surface area contributed by atoms with Gasteiger partial charge in [0.15, 0.2) is 0 Å². The minimum Gasteiger partial charge on any atom is -0.302 e. The van der Waals surface area contributed by atoms with Gasteiger partial charge in [0, 0.05) is 18.1 Å². The lowest BCUT2D eigenvalue weighted by atomic mass is 10.1. The molecule has 0 aliphatic heterocycles. The summed E-state index contributed by atoms with van der Waals surface area (Å²) < 4.78 is 29.6. The molecule has 0 fully saturated rings. The molecule has 114 valence electrons. The number of sulfonamides is 1. The highest BCUT2D eigenvalue weighted by atomic mass is 32.2. The number of nitrogens with one attached hydrogen (secondary N) is 1. The van der Waals surface area contributed by atoms with Crippen LogP contribution in [0.5, 0.6) is 0 Å². The molecule has 6 heteroatoms. The number of fused-ring (bicyclic) bond motifs is 1. The van der Waals surface area contributed by atoms with Crippen LogP contribution in [-0.2, 0) is 10.0 Å². The molecule has 0 saturated heterocycles. The maximum absolute atomic E-state index is 12.6. The quantitative estimate of drug-likeness (QED) is 0.808. The van der Waals surface area contributed by atoms with Gasteiger partial charge in [-0.15, -0.1) is 0 Å². The first-order valence-corrected chi connectivity index (χ1v) is 8.39. The van der Waals surface area contributed by atoms with E-state index in [0.29, 0.717) is 5.69 Å². The van der Waals surface area contributed by atoms with Crippen LogP contribution in [0.15, 0.2) is 47.6 Å². The van der Waals surface area contributed by atoms with Crippen molar-refractivity contribution >= 4 is 21.4 Å². The SMILES string of the molecule is Cc1ccc(S(=O)(=O)Nc2ccc3nccn3c2C)cc1C. The molecule has 0 bridgehead atoms. The van der Waals surface area contributed by atoms with Crippen LogP contribution < -0.4 is 4.72 Å². The fourth-order valence-corrected chi connectivity index (χ4v) is 3.52. The second-order valence-corrected chi connectivity index (χ2v) is 7.02. The Balaban J connectivity index is 2.02. The van der Waals surface area contributed by atoms with Crippen LogP contribution in [0.3, 0.4) is 0 Å². The van der Waals surface area contributed by atoms with Crippen molar-refractivity contribution in [1.82, 2.24) is 9.38 Å². The van der Waals surface area contributed by atoms with Crippen LogP contribution >= 0.6 is 0 Å². The molecular formula is C16H17N3O2S. The molecule has 3 rings (SSSR count). The third kappa shape index (κ3) is 2.46. The van der Waals surface area contributed by atoms with E-state index in [1.807, 2.05) is 31.2 Å². The molecule has 1 N–H and O–H groups in total. The fraction of sp³-hybridized carbons (Fsp3) is 0.188. The molecule has 2 heterocycles. The summed E-state index contributed by atoms with van der Waals surface area (Å²) in [7, 11) is -3.61. The zero-order valence-corrected chi connectivity index (χ0v) is 13.5. The summed E-state index contributed by atoms with van der Waals surface area (Å²) >= 11 is 0. The van der Waals surface area contributed by atoms with Crippen LogP contribution in [0.1, 0.15) is 16.8 Å². The molecule has 0 spiro atoms. The van der Waals surface area contributed by atoms with E-state index in [1.54, 1.807) is 36.7 Å². The van der Waals surface area contributed by atoms with Gasteiger partial charge in [-0.1, -0.05) is 6.07 Å². The highest BCUT2D eigenvalue weighted by molar-refractivity contribution is 7.92. The van der Waals surface area contributed by atoms with Crippen molar-refractivity contribution < 1.29 is 8.42 Å². The Morgan fingerprint density at radius 3 is 2.55 bits per heavy atom. The Labute approximate surface area is 129 Å². The van der Waals surface area contributed by atoms with Gasteiger partial charge in [-0.2, -0.15) is 0 Å². The number of aromatic nitrogens is 2. The van der Waals surface area contributed by atoms with Gasteiger partial charge >= 0.3 is 0 Å². The van der Waals surface area contributed by atoms with Gasteiger partial charge in [-0.05, 0) is 56.2 Å². The molecule has 0 aliphatic rings. The first kappa shape index (κ1) is 14.6. The average molecular weight is 315 g/mol. The van der Waals surface area contributed by atoms with E-state index in [0.717, 1.165) is 22.5 Å². The van der Waals surface area contributed by atoms with E-state index < -0.39 is 10.0 Å². The zero-order valence-electron chi connectivity index (χ0n) is 12.7. The molecule has 0 unspecified atom stereocenters. The topological polar surface area (TPSA) is 63.5 Å². The van der Waals surface area contributed by atoms with Crippen molar-refractivity contribution in [3.8, 4) is 0 Å². The molecule has 0 atom stereocenters. The standard InChI is InChI=1S/C16H17N3O2S/c1-11-4-5-14(10-12(11)2)22(20,21)18-15-6-7-16-17-8-9-19(16)13(15)3/h4-10,18H,1-3H3. The van der Waals surface area contributed by atoms with E-state index in [4.69, 9.17) is 0 Å². The minimum absolute atomic E-state index is 0.265. The summed E-state index contributed by atoms with van der Waals surface area (Å²) in [4.78, 5) is 4.45. The van der Waals surface area contributed by atoms with Crippen molar-refractivity contribution in [1.29, 1.82) is 0 Å². The van der Waals surface area contributed by atoms with Crippen molar-refractivity contribution in [3.05, 3.63) is 59.5 Å². The number of benzene rings is 1. The Hall–Kier alpha value is -2.34. The number of hydrogen-bond donors (Lipinski definition) is 1. The second kappa shape index (κ2) is 5.14. The predicted molar refractivity (Wildman–Crippen MR) is 86.7 cm³/mol. The molecule has 3 aromatic rings. The predicted octanol–water partition coefficient (Wildman–Crippen LogP) is 3.06. The Kier molecular flexibility index (Phi) is 3.41. The first-order chi connectivity index (χ1) is 10.4. The maximum Gasteiger partial charge on any atom is 0.261 e. The summed E-state index contributed by atoms with van der Waals surface area (Å²) in [5.74, 6) is 0. The van der Waals surface area contributed by atoms with E-state index in [2.05, 4.69) is 9.71 Å². The third-order valence-corrected chi connectivity index (χ3v) is 5.22. The first-order valence-electron chi connectivity index (χ1n) is 6.91. The number of imidazole rings is 1. The monoisotopic (exact) mass is 315 g/mol. The molecule has 22 heavy (non-hydrogen) atoms. The number of pyridine rings is 1. The van der Waals surface area contributed by atoms with Crippen LogP contribution in [0.25, 0.3) is 5.65 Å². The average Bonchev–Trinajstić information content (AvgIpc) is 2.94.